The number of carbonyl (C=O) groups excluding carboxylic acids is 1. The molecule has 4 heteroatoms. The van der Waals surface area contributed by atoms with Gasteiger partial charge in [0.25, 0.3) is 5.91 Å². The molecule has 1 heterocycles. The minimum Gasteiger partial charge on any atom is -0.373 e. The molecule has 0 atom stereocenters. The average Bonchev–Trinajstić information content (AvgIpc) is 2.47. The number of benzene rings is 1. The van der Waals surface area contributed by atoms with Crippen LogP contribution in [0.3, 0.4) is 0 Å². The Balaban J connectivity index is 2.10. The lowest BCUT2D eigenvalue weighted by Gasteiger charge is -2.17. The predicted molar refractivity (Wildman–Crippen MR) is 76.0 cm³/mol. The van der Waals surface area contributed by atoms with Gasteiger partial charge in [-0.05, 0) is 17.7 Å². The Morgan fingerprint density at radius 3 is 2.58 bits per heavy atom. The molecule has 0 bridgehead atoms. The van der Waals surface area contributed by atoms with Crippen molar-refractivity contribution >= 4 is 11.7 Å². The van der Waals surface area contributed by atoms with Crippen molar-refractivity contribution in [2.24, 2.45) is 0 Å². The van der Waals surface area contributed by atoms with Gasteiger partial charge < -0.3 is 10.2 Å². The summed E-state index contributed by atoms with van der Waals surface area (Å²) in [6.07, 6.45) is 0. The minimum atomic E-state index is -0.0825. The second-order valence-electron chi connectivity index (χ2n) is 4.30. The van der Waals surface area contributed by atoms with E-state index in [9.17, 15) is 4.79 Å². The quantitative estimate of drug-likeness (QED) is 0.912. The third-order valence-corrected chi connectivity index (χ3v) is 2.83. The molecular weight excluding hydrogens is 238 g/mol. The van der Waals surface area contributed by atoms with Gasteiger partial charge >= 0.3 is 0 Å². The summed E-state index contributed by atoms with van der Waals surface area (Å²) in [6, 6.07) is 15.3. The van der Waals surface area contributed by atoms with Crippen LogP contribution in [0.15, 0.2) is 48.5 Å². The Kier molecular flexibility index (Phi) is 4.13. The molecule has 0 unspecified atom stereocenters. The van der Waals surface area contributed by atoms with Gasteiger partial charge in [-0.25, -0.2) is 4.98 Å². The number of hydrogen-bond acceptors (Lipinski definition) is 3. The first-order valence-corrected chi connectivity index (χ1v) is 6.15. The molecule has 1 aromatic heterocycles. The number of hydrogen-bond donors (Lipinski definition) is 1. The van der Waals surface area contributed by atoms with Crippen molar-refractivity contribution in [3.05, 3.63) is 59.8 Å². The van der Waals surface area contributed by atoms with Crippen molar-refractivity contribution in [2.75, 3.05) is 19.4 Å². The van der Waals surface area contributed by atoms with E-state index in [0.717, 1.165) is 5.56 Å². The standard InChI is InChI=1S/C15H17N3O/c1-16-14-10-6-9-13(17-14)15(19)18(2)11-12-7-4-3-5-8-12/h3-10H,11H2,1-2H3,(H,16,17). The van der Waals surface area contributed by atoms with E-state index in [4.69, 9.17) is 0 Å². The molecule has 2 aromatic rings. The van der Waals surface area contributed by atoms with E-state index < -0.39 is 0 Å². The lowest BCUT2D eigenvalue weighted by Crippen LogP contribution is -2.27. The zero-order valence-electron chi connectivity index (χ0n) is 11.1. The topological polar surface area (TPSA) is 45.2 Å². The second-order valence-corrected chi connectivity index (χ2v) is 4.30. The first-order chi connectivity index (χ1) is 9.20. The molecule has 1 aromatic carbocycles. The normalized spacial score (nSPS) is 10.0. The van der Waals surface area contributed by atoms with Crippen molar-refractivity contribution in [3.63, 3.8) is 0 Å². The van der Waals surface area contributed by atoms with Gasteiger partial charge in [0.1, 0.15) is 11.5 Å². The summed E-state index contributed by atoms with van der Waals surface area (Å²) in [6.45, 7) is 0.575. The maximum atomic E-state index is 12.3. The summed E-state index contributed by atoms with van der Waals surface area (Å²) in [5, 5.41) is 2.93. The molecule has 0 aliphatic rings. The van der Waals surface area contributed by atoms with E-state index >= 15 is 0 Å². The molecule has 1 N–H and O–H groups in total. The summed E-state index contributed by atoms with van der Waals surface area (Å²) in [7, 11) is 3.56. The fraction of sp³-hybridized carbons (Fsp3) is 0.200. The SMILES string of the molecule is CNc1cccc(C(=O)N(C)Cc2ccccc2)n1. The minimum absolute atomic E-state index is 0.0825. The lowest BCUT2D eigenvalue weighted by molar-refractivity contribution is 0.0779. The summed E-state index contributed by atoms with van der Waals surface area (Å²) in [5.74, 6) is 0.611. The Morgan fingerprint density at radius 2 is 1.89 bits per heavy atom. The molecule has 0 fully saturated rings. The van der Waals surface area contributed by atoms with Crippen LogP contribution in [0.1, 0.15) is 16.1 Å². The van der Waals surface area contributed by atoms with Crippen LogP contribution in [0.2, 0.25) is 0 Å². The highest BCUT2D eigenvalue weighted by atomic mass is 16.2. The Morgan fingerprint density at radius 1 is 1.16 bits per heavy atom. The molecule has 0 saturated carbocycles. The van der Waals surface area contributed by atoms with Crippen molar-refractivity contribution in [3.8, 4) is 0 Å². The number of nitrogens with one attached hydrogen (secondary N) is 1. The van der Waals surface area contributed by atoms with Crippen LogP contribution in [-0.4, -0.2) is 29.9 Å². The molecule has 98 valence electrons. The van der Waals surface area contributed by atoms with Crippen LogP contribution in [0, 0.1) is 0 Å². The number of nitrogens with zero attached hydrogens (tertiary/aromatic N) is 2. The summed E-state index contributed by atoms with van der Waals surface area (Å²) < 4.78 is 0. The first-order valence-electron chi connectivity index (χ1n) is 6.15. The van der Waals surface area contributed by atoms with Crippen LogP contribution < -0.4 is 5.32 Å². The van der Waals surface area contributed by atoms with Crippen molar-refractivity contribution in [2.45, 2.75) is 6.54 Å². The second kappa shape index (κ2) is 6.00. The van der Waals surface area contributed by atoms with Gasteiger partial charge in [0.2, 0.25) is 0 Å². The van der Waals surface area contributed by atoms with E-state index in [-0.39, 0.29) is 5.91 Å². The molecule has 1 amide bonds. The fourth-order valence-corrected chi connectivity index (χ4v) is 1.82. The number of amides is 1. The molecule has 19 heavy (non-hydrogen) atoms. The van der Waals surface area contributed by atoms with Gasteiger partial charge in [-0.1, -0.05) is 36.4 Å². The van der Waals surface area contributed by atoms with Gasteiger partial charge in [-0.2, -0.15) is 0 Å². The van der Waals surface area contributed by atoms with E-state index in [1.807, 2.05) is 42.5 Å². The number of rotatable bonds is 4. The lowest BCUT2D eigenvalue weighted by atomic mass is 10.2. The van der Waals surface area contributed by atoms with Crippen LogP contribution in [0.25, 0.3) is 0 Å². The van der Waals surface area contributed by atoms with Crippen LogP contribution in [-0.2, 0) is 6.54 Å². The molecule has 2 rings (SSSR count). The highest BCUT2D eigenvalue weighted by Crippen LogP contribution is 2.09. The first kappa shape index (κ1) is 13.1. The zero-order valence-corrected chi connectivity index (χ0v) is 11.1. The van der Waals surface area contributed by atoms with Crippen LogP contribution >= 0.6 is 0 Å². The van der Waals surface area contributed by atoms with Crippen LogP contribution in [0.5, 0.6) is 0 Å². The summed E-state index contributed by atoms with van der Waals surface area (Å²) in [4.78, 5) is 18.2. The molecule has 4 nitrogen and oxygen atoms in total. The highest BCUT2D eigenvalue weighted by Gasteiger charge is 2.13. The molecule has 0 radical (unpaired) electrons. The van der Waals surface area contributed by atoms with Crippen LogP contribution in [0.4, 0.5) is 5.82 Å². The van der Waals surface area contributed by atoms with E-state index in [1.54, 1.807) is 25.1 Å². The van der Waals surface area contributed by atoms with Crippen molar-refractivity contribution in [1.29, 1.82) is 0 Å². The average molecular weight is 255 g/mol. The number of carbonyl (C=O) groups is 1. The number of anilines is 1. The van der Waals surface area contributed by atoms with E-state index in [0.29, 0.717) is 18.1 Å². The Labute approximate surface area is 113 Å². The molecule has 0 spiro atoms. The smallest absolute Gasteiger partial charge is 0.272 e. The maximum absolute atomic E-state index is 12.3. The molecular formula is C15H17N3O. The molecule has 0 aliphatic heterocycles. The largest absolute Gasteiger partial charge is 0.373 e. The summed E-state index contributed by atoms with van der Waals surface area (Å²) >= 11 is 0. The van der Waals surface area contributed by atoms with Gasteiger partial charge in [-0.3, -0.25) is 4.79 Å². The molecule has 0 saturated heterocycles. The highest BCUT2D eigenvalue weighted by molar-refractivity contribution is 5.92. The van der Waals surface area contributed by atoms with Crippen molar-refractivity contribution < 1.29 is 4.79 Å². The van der Waals surface area contributed by atoms with E-state index in [2.05, 4.69) is 10.3 Å². The van der Waals surface area contributed by atoms with E-state index in [1.165, 1.54) is 0 Å². The van der Waals surface area contributed by atoms with Gasteiger partial charge in [0.05, 0.1) is 0 Å². The third kappa shape index (κ3) is 3.31. The number of aromatic nitrogens is 1. The molecule has 0 aliphatic carbocycles. The zero-order chi connectivity index (χ0) is 13.7. The third-order valence-electron chi connectivity index (χ3n) is 2.83. The van der Waals surface area contributed by atoms with Gasteiger partial charge in [-0.15, -0.1) is 0 Å². The maximum Gasteiger partial charge on any atom is 0.272 e. The van der Waals surface area contributed by atoms with Gasteiger partial charge in [0, 0.05) is 20.6 Å². The Hall–Kier alpha value is -2.36. The monoisotopic (exact) mass is 255 g/mol. The summed E-state index contributed by atoms with van der Waals surface area (Å²) in [5.41, 5.74) is 1.55. The van der Waals surface area contributed by atoms with Gasteiger partial charge in [0.15, 0.2) is 0 Å². The Bertz CT molecular complexity index is 554. The van der Waals surface area contributed by atoms with Crippen molar-refractivity contribution in [1.82, 2.24) is 9.88 Å². The predicted octanol–water partition coefficient (Wildman–Crippen LogP) is 2.40. The fourth-order valence-electron chi connectivity index (χ4n) is 1.82. The number of pyridine rings is 1.